The number of anilines is 1. The van der Waals surface area contributed by atoms with Gasteiger partial charge in [0.1, 0.15) is 5.82 Å². The molecule has 0 aromatic heterocycles. The molecular weight excluding hydrogens is 253 g/mol. The van der Waals surface area contributed by atoms with E-state index in [-0.39, 0.29) is 18.1 Å². The van der Waals surface area contributed by atoms with Crippen molar-refractivity contribution in [3.63, 3.8) is 0 Å². The second-order valence-electron chi connectivity index (χ2n) is 3.71. The van der Waals surface area contributed by atoms with E-state index in [1.165, 1.54) is 25.3 Å². The normalized spacial score (nSPS) is 9.58. The van der Waals surface area contributed by atoms with Crippen LogP contribution in [0.15, 0.2) is 24.3 Å². The van der Waals surface area contributed by atoms with Gasteiger partial charge < -0.3 is 10.1 Å². The molecule has 0 aliphatic rings. The summed E-state index contributed by atoms with van der Waals surface area (Å²) in [5, 5.41) is 2.46. The van der Waals surface area contributed by atoms with Crippen LogP contribution in [-0.4, -0.2) is 25.7 Å². The highest BCUT2D eigenvalue weighted by Crippen LogP contribution is 2.07. The first-order valence-corrected chi connectivity index (χ1v) is 5.74. The maximum Gasteiger partial charge on any atom is 0.406 e. The van der Waals surface area contributed by atoms with Crippen molar-refractivity contribution in [1.82, 2.24) is 10.7 Å². The molecule has 2 amide bonds. The van der Waals surface area contributed by atoms with Crippen LogP contribution in [0, 0.1) is 5.82 Å². The van der Waals surface area contributed by atoms with Gasteiger partial charge in [0.25, 0.3) is 0 Å². The minimum Gasteiger partial charge on any atom is -0.453 e. The molecule has 1 rings (SSSR count). The zero-order valence-electron chi connectivity index (χ0n) is 10.5. The van der Waals surface area contributed by atoms with Crippen LogP contribution in [0.2, 0.25) is 0 Å². The van der Waals surface area contributed by atoms with E-state index in [1.54, 1.807) is 6.07 Å². The molecule has 0 heterocycles. The number of benzene rings is 1. The lowest BCUT2D eigenvalue weighted by atomic mass is 10.3. The minimum atomic E-state index is -0.529. The highest BCUT2D eigenvalue weighted by Gasteiger charge is 2.02. The number of ether oxygens (including phenoxy) is 1. The molecule has 0 aliphatic carbocycles. The SMILES string of the molecule is COC(=O)NCCCC(=O)NNc1cccc(F)c1. The van der Waals surface area contributed by atoms with Crippen molar-refractivity contribution < 1.29 is 18.7 Å². The molecule has 1 aromatic carbocycles. The summed E-state index contributed by atoms with van der Waals surface area (Å²) in [5.74, 6) is -0.641. The Morgan fingerprint density at radius 1 is 1.37 bits per heavy atom. The molecule has 0 saturated heterocycles. The summed E-state index contributed by atoms with van der Waals surface area (Å²) in [6.07, 6.45) is 0.177. The fourth-order valence-electron chi connectivity index (χ4n) is 1.28. The quantitative estimate of drug-likeness (QED) is 0.539. The highest BCUT2D eigenvalue weighted by atomic mass is 19.1. The van der Waals surface area contributed by atoms with Crippen molar-refractivity contribution in [2.45, 2.75) is 12.8 Å². The first-order valence-electron chi connectivity index (χ1n) is 5.74. The number of hydrogen-bond donors (Lipinski definition) is 3. The number of hydrogen-bond acceptors (Lipinski definition) is 4. The Hall–Kier alpha value is -2.31. The summed E-state index contributed by atoms with van der Waals surface area (Å²) in [5.41, 5.74) is 5.48. The van der Waals surface area contributed by atoms with E-state index in [2.05, 4.69) is 20.9 Å². The lowest BCUT2D eigenvalue weighted by molar-refractivity contribution is -0.120. The van der Waals surface area contributed by atoms with E-state index in [9.17, 15) is 14.0 Å². The number of carbonyl (C=O) groups excluding carboxylic acids is 2. The average Bonchev–Trinajstić information content (AvgIpc) is 2.41. The largest absolute Gasteiger partial charge is 0.453 e. The maximum absolute atomic E-state index is 12.8. The number of carbonyl (C=O) groups is 2. The highest BCUT2D eigenvalue weighted by molar-refractivity contribution is 5.77. The van der Waals surface area contributed by atoms with E-state index in [0.29, 0.717) is 18.7 Å². The summed E-state index contributed by atoms with van der Waals surface area (Å²) in [7, 11) is 1.27. The number of hydrazine groups is 1. The van der Waals surface area contributed by atoms with Crippen LogP contribution < -0.4 is 16.2 Å². The third-order valence-corrected chi connectivity index (χ3v) is 2.21. The number of alkyl carbamates (subject to hydrolysis) is 1. The molecule has 0 spiro atoms. The molecule has 0 aliphatic heterocycles. The Kier molecular flexibility index (Phi) is 6.14. The standard InChI is InChI=1S/C12H16FN3O3/c1-19-12(18)14-7-3-6-11(17)16-15-10-5-2-4-9(13)8-10/h2,4-5,8,15H,3,6-7H2,1H3,(H,14,18)(H,16,17). The van der Waals surface area contributed by atoms with Gasteiger partial charge in [-0.15, -0.1) is 0 Å². The van der Waals surface area contributed by atoms with E-state index in [4.69, 9.17) is 0 Å². The van der Waals surface area contributed by atoms with Crippen molar-refractivity contribution in [2.24, 2.45) is 0 Å². The second-order valence-corrected chi connectivity index (χ2v) is 3.71. The van der Waals surface area contributed by atoms with Crippen molar-refractivity contribution in [3.05, 3.63) is 30.1 Å². The number of nitrogens with one attached hydrogen (secondary N) is 3. The third-order valence-electron chi connectivity index (χ3n) is 2.21. The number of rotatable bonds is 6. The van der Waals surface area contributed by atoms with Crippen LogP contribution in [-0.2, 0) is 9.53 Å². The lowest BCUT2D eigenvalue weighted by Gasteiger charge is -2.08. The smallest absolute Gasteiger partial charge is 0.406 e. The summed E-state index contributed by atoms with van der Waals surface area (Å²) in [4.78, 5) is 22.1. The van der Waals surface area contributed by atoms with Gasteiger partial charge in [-0.3, -0.25) is 15.6 Å². The molecule has 1 aromatic rings. The first kappa shape index (κ1) is 14.7. The molecule has 0 unspecified atom stereocenters. The minimum absolute atomic E-state index is 0.228. The van der Waals surface area contributed by atoms with Gasteiger partial charge in [0.05, 0.1) is 12.8 Å². The second kappa shape index (κ2) is 7.91. The summed E-state index contributed by atoms with van der Waals surface area (Å²) in [6.45, 7) is 0.347. The Balaban J connectivity index is 2.16. The Morgan fingerprint density at radius 3 is 2.84 bits per heavy atom. The Bertz CT molecular complexity index is 440. The Morgan fingerprint density at radius 2 is 2.16 bits per heavy atom. The zero-order chi connectivity index (χ0) is 14.1. The van der Waals surface area contributed by atoms with Gasteiger partial charge in [0.15, 0.2) is 0 Å². The molecule has 6 nitrogen and oxygen atoms in total. The Labute approximate surface area is 110 Å². The van der Waals surface area contributed by atoms with Crippen LogP contribution >= 0.6 is 0 Å². The molecule has 7 heteroatoms. The third kappa shape index (κ3) is 6.25. The number of amides is 2. The predicted octanol–water partition coefficient (Wildman–Crippen LogP) is 1.40. The molecule has 0 fully saturated rings. The van der Waals surface area contributed by atoms with Crippen molar-refractivity contribution in [3.8, 4) is 0 Å². The van der Waals surface area contributed by atoms with Crippen LogP contribution in [0.4, 0.5) is 14.9 Å². The molecule has 0 atom stereocenters. The molecular formula is C12H16FN3O3. The summed E-state index contributed by atoms with van der Waals surface area (Å²) in [6, 6.07) is 5.73. The van der Waals surface area contributed by atoms with Gasteiger partial charge in [-0.25, -0.2) is 9.18 Å². The number of halogens is 1. The van der Waals surface area contributed by atoms with Crippen LogP contribution in [0.5, 0.6) is 0 Å². The van der Waals surface area contributed by atoms with Gasteiger partial charge in [0, 0.05) is 13.0 Å². The lowest BCUT2D eigenvalue weighted by Crippen LogP contribution is -2.30. The average molecular weight is 269 g/mol. The van der Waals surface area contributed by atoms with Crippen LogP contribution in [0.25, 0.3) is 0 Å². The van der Waals surface area contributed by atoms with Crippen molar-refractivity contribution >= 4 is 17.7 Å². The first-order chi connectivity index (χ1) is 9.11. The van der Waals surface area contributed by atoms with Gasteiger partial charge in [-0.2, -0.15) is 0 Å². The van der Waals surface area contributed by atoms with E-state index >= 15 is 0 Å². The van der Waals surface area contributed by atoms with E-state index < -0.39 is 6.09 Å². The fourth-order valence-corrected chi connectivity index (χ4v) is 1.28. The van der Waals surface area contributed by atoms with Crippen molar-refractivity contribution in [1.29, 1.82) is 0 Å². The molecule has 0 bridgehead atoms. The van der Waals surface area contributed by atoms with Gasteiger partial charge in [0.2, 0.25) is 5.91 Å². The van der Waals surface area contributed by atoms with E-state index in [1.807, 2.05) is 0 Å². The fraction of sp³-hybridized carbons (Fsp3) is 0.333. The maximum atomic E-state index is 12.8. The molecule has 3 N–H and O–H groups in total. The molecule has 0 radical (unpaired) electrons. The van der Waals surface area contributed by atoms with Gasteiger partial charge in [-0.05, 0) is 24.6 Å². The van der Waals surface area contributed by atoms with Crippen LogP contribution in [0.1, 0.15) is 12.8 Å². The zero-order valence-corrected chi connectivity index (χ0v) is 10.5. The topological polar surface area (TPSA) is 79.5 Å². The molecule has 19 heavy (non-hydrogen) atoms. The number of methoxy groups -OCH3 is 1. The molecule has 0 saturated carbocycles. The molecule has 104 valence electrons. The summed E-state index contributed by atoms with van der Waals surface area (Å²) < 4.78 is 17.2. The summed E-state index contributed by atoms with van der Waals surface area (Å²) >= 11 is 0. The van der Waals surface area contributed by atoms with Gasteiger partial charge >= 0.3 is 6.09 Å². The predicted molar refractivity (Wildman–Crippen MR) is 67.8 cm³/mol. The van der Waals surface area contributed by atoms with Crippen LogP contribution in [0.3, 0.4) is 0 Å². The van der Waals surface area contributed by atoms with Gasteiger partial charge in [-0.1, -0.05) is 6.07 Å². The van der Waals surface area contributed by atoms with Crippen molar-refractivity contribution in [2.75, 3.05) is 19.1 Å². The van der Waals surface area contributed by atoms with E-state index in [0.717, 1.165) is 0 Å². The monoisotopic (exact) mass is 269 g/mol.